The number of imide groups is 1. The zero-order chi connectivity index (χ0) is 22.1. The van der Waals surface area contributed by atoms with Crippen molar-refractivity contribution in [2.45, 2.75) is 6.42 Å². The molecule has 0 unspecified atom stereocenters. The highest BCUT2D eigenvalue weighted by Crippen LogP contribution is 2.36. The van der Waals surface area contributed by atoms with Crippen molar-refractivity contribution in [3.05, 3.63) is 95.7 Å². The number of anilines is 1. The summed E-state index contributed by atoms with van der Waals surface area (Å²) >= 11 is 1.68. The van der Waals surface area contributed by atoms with E-state index in [-0.39, 0.29) is 0 Å². The van der Waals surface area contributed by atoms with Crippen LogP contribution in [0.4, 0.5) is 5.69 Å². The molecule has 1 aliphatic rings. The molecule has 2 amide bonds. The van der Waals surface area contributed by atoms with E-state index in [0.29, 0.717) is 23.1 Å². The van der Waals surface area contributed by atoms with Crippen molar-refractivity contribution in [1.82, 2.24) is 5.32 Å². The van der Waals surface area contributed by atoms with Gasteiger partial charge in [0.05, 0.1) is 18.1 Å². The van der Waals surface area contributed by atoms with Gasteiger partial charge in [0, 0.05) is 32.6 Å². The van der Waals surface area contributed by atoms with Crippen LogP contribution in [0.5, 0.6) is 0 Å². The summed E-state index contributed by atoms with van der Waals surface area (Å²) in [6.45, 7) is 0. The molecule has 2 heterocycles. The summed E-state index contributed by atoms with van der Waals surface area (Å²) in [5.74, 6) is -0.838. The Balaban J connectivity index is 1.52. The number of amides is 2. The lowest BCUT2D eigenvalue weighted by atomic mass is 9.93. The quantitative estimate of drug-likeness (QED) is 0.334. The van der Waals surface area contributed by atoms with Gasteiger partial charge in [-0.1, -0.05) is 36.4 Å². The second-order valence-corrected chi connectivity index (χ2v) is 8.51. The molecule has 0 bridgehead atoms. The zero-order valence-electron chi connectivity index (χ0n) is 16.9. The summed E-state index contributed by atoms with van der Waals surface area (Å²) in [4.78, 5) is 26.1. The van der Waals surface area contributed by atoms with Gasteiger partial charge in [-0.2, -0.15) is 5.26 Å². The predicted molar refractivity (Wildman–Crippen MR) is 127 cm³/mol. The van der Waals surface area contributed by atoms with Crippen molar-refractivity contribution in [3.63, 3.8) is 0 Å². The number of thiophene rings is 1. The van der Waals surface area contributed by atoms with Crippen LogP contribution in [0.2, 0.25) is 0 Å². The second kappa shape index (κ2) is 8.14. The fraction of sp³-hybridized carbons (Fsp3) is 0.0385. The van der Waals surface area contributed by atoms with E-state index in [1.54, 1.807) is 23.6 Å². The topological polar surface area (TPSA) is 82.0 Å². The third kappa shape index (κ3) is 3.66. The fourth-order valence-corrected chi connectivity index (χ4v) is 4.77. The van der Waals surface area contributed by atoms with Crippen molar-refractivity contribution in [3.8, 4) is 16.5 Å². The molecule has 0 spiro atoms. The van der Waals surface area contributed by atoms with Crippen LogP contribution in [-0.2, 0) is 11.2 Å². The van der Waals surface area contributed by atoms with Gasteiger partial charge in [0.2, 0.25) is 0 Å². The number of fused-ring (bicyclic) bond motifs is 2. The summed E-state index contributed by atoms with van der Waals surface area (Å²) in [5, 5.41) is 15.5. The number of rotatable bonds is 4. The van der Waals surface area contributed by atoms with E-state index in [0.717, 1.165) is 27.1 Å². The van der Waals surface area contributed by atoms with Crippen molar-refractivity contribution < 1.29 is 9.59 Å². The first-order valence-electron chi connectivity index (χ1n) is 10.0. The van der Waals surface area contributed by atoms with Crippen LogP contribution in [-0.4, -0.2) is 11.8 Å². The minimum absolute atomic E-state index is 0.347. The Labute approximate surface area is 188 Å². The molecular weight excluding hydrogens is 418 g/mol. The van der Waals surface area contributed by atoms with Gasteiger partial charge in [0.1, 0.15) is 0 Å². The number of hydrogen-bond donors (Lipinski definition) is 2. The first kappa shape index (κ1) is 19.7. The smallest absolute Gasteiger partial charge is 0.260 e. The van der Waals surface area contributed by atoms with Gasteiger partial charge in [-0.3, -0.25) is 14.9 Å². The zero-order valence-corrected chi connectivity index (χ0v) is 17.7. The van der Waals surface area contributed by atoms with E-state index in [1.165, 1.54) is 4.70 Å². The number of hydrogen-bond acceptors (Lipinski definition) is 5. The second-order valence-electron chi connectivity index (χ2n) is 7.43. The molecule has 1 aromatic heterocycles. The lowest BCUT2D eigenvalue weighted by molar-refractivity contribution is -0.114. The molecule has 0 fully saturated rings. The average Bonchev–Trinajstić information content (AvgIpc) is 3.24. The van der Waals surface area contributed by atoms with Gasteiger partial charge >= 0.3 is 0 Å². The number of carbonyl (C=O) groups is 2. The number of nitriles is 1. The van der Waals surface area contributed by atoms with E-state index in [9.17, 15) is 9.59 Å². The maximum Gasteiger partial charge on any atom is 0.260 e. The van der Waals surface area contributed by atoms with Crippen molar-refractivity contribution in [2.75, 3.05) is 5.32 Å². The monoisotopic (exact) mass is 435 g/mol. The summed E-state index contributed by atoms with van der Waals surface area (Å²) < 4.78 is 1.19. The molecule has 0 aliphatic carbocycles. The molecule has 154 valence electrons. The minimum atomic E-state index is -0.440. The molecule has 5 nitrogen and oxygen atoms in total. The Kier molecular flexibility index (Phi) is 5.02. The summed E-state index contributed by atoms with van der Waals surface area (Å²) in [6.07, 6.45) is 1.97. The van der Waals surface area contributed by atoms with Gasteiger partial charge in [0.25, 0.3) is 11.8 Å². The van der Waals surface area contributed by atoms with Crippen molar-refractivity contribution in [1.29, 1.82) is 5.26 Å². The lowest BCUT2D eigenvalue weighted by Crippen LogP contribution is -2.36. The summed E-state index contributed by atoms with van der Waals surface area (Å²) in [7, 11) is 0. The molecule has 0 saturated heterocycles. The van der Waals surface area contributed by atoms with Crippen molar-refractivity contribution >= 4 is 44.5 Å². The number of benzene rings is 3. The molecule has 6 heteroatoms. The highest BCUT2D eigenvalue weighted by atomic mass is 32.1. The maximum absolute atomic E-state index is 12.6. The molecule has 1 aliphatic heterocycles. The molecule has 32 heavy (non-hydrogen) atoms. The van der Waals surface area contributed by atoms with Crippen LogP contribution in [0.1, 0.15) is 21.5 Å². The lowest BCUT2D eigenvalue weighted by Gasteiger charge is -2.19. The van der Waals surface area contributed by atoms with Gasteiger partial charge in [-0.25, -0.2) is 0 Å². The molecule has 4 aromatic rings. The standard InChI is InChI=1S/C26H17N3O2S/c27-12-11-16-5-8-19(9-6-16)28-15-22-21-13-18(7-10-20(21)25(30)29-26(22)31)24-14-17-3-1-2-4-23(17)32-24/h1-10,13-15,28H,11H2,(H,29,30,31). The molecule has 0 atom stereocenters. The van der Waals surface area contributed by atoms with Crippen LogP contribution in [0.15, 0.2) is 79.0 Å². The molecule has 2 N–H and O–H groups in total. The van der Waals surface area contributed by atoms with E-state index < -0.39 is 11.8 Å². The minimum Gasteiger partial charge on any atom is -0.361 e. The third-order valence-corrected chi connectivity index (χ3v) is 6.52. The molecular formula is C26H17N3O2S. The van der Waals surface area contributed by atoms with Gasteiger partial charge in [0.15, 0.2) is 0 Å². The summed E-state index contributed by atoms with van der Waals surface area (Å²) in [5.41, 5.74) is 4.12. The highest BCUT2D eigenvalue weighted by molar-refractivity contribution is 7.22. The van der Waals surface area contributed by atoms with Gasteiger partial charge < -0.3 is 5.32 Å². The Hall–Kier alpha value is -4.21. The van der Waals surface area contributed by atoms with E-state index in [2.05, 4.69) is 34.9 Å². The fourth-order valence-electron chi connectivity index (χ4n) is 3.71. The summed E-state index contributed by atoms with van der Waals surface area (Å²) in [6, 6.07) is 25.4. The predicted octanol–water partition coefficient (Wildman–Crippen LogP) is 5.36. The Morgan fingerprint density at radius 1 is 0.938 bits per heavy atom. The molecule has 5 rings (SSSR count). The van der Waals surface area contributed by atoms with E-state index in [1.807, 2.05) is 48.5 Å². The SMILES string of the molecule is N#CCc1ccc(NC=C2C(=O)NC(=O)c3ccc(-c4cc5ccccc5s4)cc32)cc1. The van der Waals surface area contributed by atoms with Crippen LogP contribution >= 0.6 is 11.3 Å². The number of carbonyl (C=O) groups excluding carboxylic acids is 2. The van der Waals surface area contributed by atoms with E-state index in [4.69, 9.17) is 5.26 Å². The van der Waals surface area contributed by atoms with Crippen molar-refractivity contribution in [2.24, 2.45) is 0 Å². The third-order valence-electron chi connectivity index (χ3n) is 5.36. The Bertz CT molecular complexity index is 1410. The van der Waals surface area contributed by atoms with Crippen LogP contribution < -0.4 is 10.6 Å². The molecule has 3 aromatic carbocycles. The maximum atomic E-state index is 12.6. The number of nitrogens with one attached hydrogen (secondary N) is 2. The van der Waals surface area contributed by atoms with Gasteiger partial charge in [-0.05, 0) is 52.9 Å². The Morgan fingerprint density at radius 3 is 2.53 bits per heavy atom. The highest BCUT2D eigenvalue weighted by Gasteiger charge is 2.27. The molecule has 0 radical (unpaired) electrons. The van der Waals surface area contributed by atoms with Gasteiger partial charge in [-0.15, -0.1) is 11.3 Å². The van der Waals surface area contributed by atoms with Crippen LogP contribution in [0.25, 0.3) is 26.1 Å². The average molecular weight is 436 g/mol. The normalized spacial score (nSPS) is 14.2. The van der Waals surface area contributed by atoms with Crippen LogP contribution in [0, 0.1) is 11.3 Å². The molecule has 0 saturated carbocycles. The Morgan fingerprint density at radius 2 is 1.75 bits per heavy atom. The van der Waals surface area contributed by atoms with E-state index >= 15 is 0 Å². The first-order chi connectivity index (χ1) is 15.6. The van der Waals surface area contributed by atoms with Crippen LogP contribution in [0.3, 0.4) is 0 Å². The largest absolute Gasteiger partial charge is 0.361 e. The first-order valence-corrected chi connectivity index (χ1v) is 10.9. The number of nitrogens with zero attached hydrogens (tertiary/aromatic N) is 1.